The fourth-order valence-electron chi connectivity index (χ4n) is 4.02. The van der Waals surface area contributed by atoms with Crippen molar-refractivity contribution in [1.82, 2.24) is 30.0 Å². The third-order valence-electron chi connectivity index (χ3n) is 5.87. The molecule has 1 aromatic carbocycles. The highest BCUT2D eigenvalue weighted by Crippen LogP contribution is 2.29. The molecule has 5 rings (SSSR count). The normalized spacial score (nSPS) is 15.9. The summed E-state index contributed by atoms with van der Waals surface area (Å²) in [6, 6.07) is 6.91. The molecule has 1 saturated heterocycles. The highest BCUT2D eigenvalue weighted by atomic mass is 19.1. The van der Waals surface area contributed by atoms with E-state index in [1.165, 1.54) is 6.07 Å². The van der Waals surface area contributed by atoms with E-state index in [-0.39, 0.29) is 29.7 Å². The molecule has 0 aliphatic carbocycles. The number of halogens is 2. The predicted molar refractivity (Wildman–Crippen MR) is 124 cm³/mol. The maximum absolute atomic E-state index is 14.0. The van der Waals surface area contributed by atoms with Crippen LogP contribution in [0.1, 0.15) is 33.5 Å². The Hall–Kier alpha value is -3.96. The van der Waals surface area contributed by atoms with E-state index in [1.54, 1.807) is 6.20 Å². The van der Waals surface area contributed by atoms with E-state index in [2.05, 4.69) is 25.6 Å². The van der Waals surface area contributed by atoms with Gasteiger partial charge in [-0.05, 0) is 31.2 Å². The fourth-order valence-corrected chi connectivity index (χ4v) is 4.02. The van der Waals surface area contributed by atoms with Gasteiger partial charge in [0, 0.05) is 42.3 Å². The van der Waals surface area contributed by atoms with Crippen LogP contribution in [0, 0.1) is 18.6 Å². The van der Waals surface area contributed by atoms with Gasteiger partial charge in [-0.25, -0.2) is 23.7 Å². The first kappa shape index (κ1) is 22.8. The molecule has 0 radical (unpaired) electrons. The zero-order valence-electron chi connectivity index (χ0n) is 18.9. The van der Waals surface area contributed by atoms with Crippen LogP contribution in [0.15, 0.2) is 42.7 Å². The molecule has 4 heterocycles. The number of aryl methyl sites for hydroxylation is 1. The van der Waals surface area contributed by atoms with Crippen molar-refractivity contribution in [1.29, 1.82) is 0 Å². The average Bonchev–Trinajstić information content (AvgIpc) is 3.24. The summed E-state index contributed by atoms with van der Waals surface area (Å²) in [5, 5.41) is 5.83. The second kappa shape index (κ2) is 9.35. The smallest absolute Gasteiger partial charge is 0.274 e. The lowest BCUT2D eigenvalue weighted by Crippen LogP contribution is -2.36. The summed E-state index contributed by atoms with van der Waals surface area (Å²) >= 11 is 0. The summed E-state index contributed by atoms with van der Waals surface area (Å²) in [4.78, 5) is 26.4. The number of nitrogens with zero attached hydrogens (tertiary/aromatic N) is 4. The van der Waals surface area contributed by atoms with E-state index >= 15 is 0 Å². The lowest BCUT2D eigenvalue weighted by atomic mass is 10.1. The molecule has 1 aliphatic heterocycles. The maximum atomic E-state index is 14.0. The number of morpholine rings is 1. The molecule has 11 heteroatoms. The molecule has 1 unspecified atom stereocenters. The molecular weight excluding hydrogens is 456 g/mol. The number of hydrogen-bond donors (Lipinski definition) is 3. The lowest BCUT2D eigenvalue weighted by molar-refractivity contribution is 0.0757. The Balaban J connectivity index is 1.54. The molecule has 9 nitrogen and oxygen atoms in total. The number of hydrogen-bond acceptors (Lipinski definition) is 7. The van der Waals surface area contributed by atoms with Crippen molar-refractivity contribution in [3.63, 3.8) is 0 Å². The van der Waals surface area contributed by atoms with E-state index in [0.717, 1.165) is 23.5 Å². The summed E-state index contributed by atoms with van der Waals surface area (Å²) in [5.41, 5.74) is 9.11. The van der Waals surface area contributed by atoms with Crippen molar-refractivity contribution >= 4 is 17.4 Å². The van der Waals surface area contributed by atoms with Crippen LogP contribution in [0.25, 0.3) is 16.9 Å². The number of fused-ring (bicyclic) bond motifs is 1. The third kappa shape index (κ3) is 4.43. The number of benzene rings is 1. The van der Waals surface area contributed by atoms with Crippen molar-refractivity contribution in [2.75, 3.05) is 25.5 Å². The van der Waals surface area contributed by atoms with Gasteiger partial charge in [-0.1, -0.05) is 6.07 Å². The lowest BCUT2D eigenvalue weighted by Gasteiger charge is -2.25. The van der Waals surface area contributed by atoms with E-state index in [4.69, 9.17) is 10.5 Å². The Kier molecular flexibility index (Phi) is 6.10. The van der Waals surface area contributed by atoms with Gasteiger partial charge in [0.15, 0.2) is 11.5 Å². The molecule has 4 aromatic rings. The quantitative estimate of drug-likeness (QED) is 0.402. The molecule has 1 atom stereocenters. The topological polar surface area (TPSA) is 119 Å². The van der Waals surface area contributed by atoms with Gasteiger partial charge in [-0.3, -0.25) is 4.79 Å². The fraction of sp³-hybridized carbons (Fsp3) is 0.250. The van der Waals surface area contributed by atoms with Crippen LogP contribution in [0.4, 0.5) is 14.6 Å². The maximum Gasteiger partial charge on any atom is 0.274 e. The van der Waals surface area contributed by atoms with Crippen LogP contribution in [-0.4, -0.2) is 45.0 Å². The first-order chi connectivity index (χ1) is 16.9. The average molecular weight is 479 g/mol. The van der Waals surface area contributed by atoms with Crippen molar-refractivity contribution in [2.24, 2.45) is 0 Å². The first-order valence-corrected chi connectivity index (χ1v) is 11.1. The Morgan fingerprint density at radius 2 is 2.06 bits per heavy atom. The molecule has 0 spiro atoms. The number of carbonyl (C=O) groups is 1. The third-order valence-corrected chi connectivity index (χ3v) is 5.87. The number of pyridine rings is 1. The summed E-state index contributed by atoms with van der Waals surface area (Å²) in [6.07, 6.45) is 3.62. The number of rotatable bonds is 5. The van der Waals surface area contributed by atoms with Crippen LogP contribution in [0.5, 0.6) is 0 Å². The second-order valence-corrected chi connectivity index (χ2v) is 8.20. The van der Waals surface area contributed by atoms with Crippen LogP contribution in [0.2, 0.25) is 0 Å². The van der Waals surface area contributed by atoms with Crippen molar-refractivity contribution < 1.29 is 18.3 Å². The molecule has 180 valence electrons. The molecule has 1 aliphatic rings. The molecule has 0 saturated carbocycles. The highest BCUT2D eigenvalue weighted by Gasteiger charge is 2.26. The van der Waals surface area contributed by atoms with E-state index in [1.807, 2.05) is 29.7 Å². The van der Waals surface area contributed by atoms with E-state index < -0.39 is 17.5 Å². The van der Waals surface area contributed by atoms with E-state index in [0.29, 0.717) is 36.7 Å². The summed E-state index contributed by atoms with van der Waals surface area (Å²) in [5.74, 6) is -2.30. The highest BCUT2D eigenvalue weighted by molar-refractivity contribution is 5.97. The second-order valence-electron chi connectivity index (χ2n) is 8.20. The number of amides is 1. The van der Waals surface area contributed by atoms with Gasteiger partial charge < -0.3 is 25.5 Å². The van der Waals surface area contributed by atoms with Gasteiger partial charge in [0.25, 0.3) is 5.91 Å². The minimum atomic E-state index is -0.757. The van der Waals surface area contributed by atoms with Crippen molar-refractivity contribution in [2.45, 2.75) is 19.5 Å². The van der Waals surface area contributed by atoms with Gasteiger partial charge in [0.2, 0.25) is 0 Å². The van der Waals surface area contributed by atoms with Gasteiger partial charge in [0.05, 0.1) is 30.6 Å². The number of ether oxygens (including phenoxy) is 1. The summed E-state index contributed by atoms with van der Waals surface area (Å²) < 4.78 is 35.5. The Morgan fingerprint density at radius 3 is 2.80 bits per heavy atom. The summed E-state index contributed by atoms with van der Waals surface area (Å²) in [6.45, 7) is 3.12. The zero-order chi connectivity index (χ0) is 24.5. The molecule has 35 heavy (non-hydrogen) atoms. The van der Waals surface area contributed by atoms with Gasteiger partial charge >= 0.3 is 0 Å². The number of nitrogen functional groups attached to an aromatic ring is 1. The number of anilines is 1. The SMILES string of the molecule is Cc1cnc2ccc(-c3nc(C(=O)NCc4c(F)cccc4F)c(N)nc3C3COCCN3)cn12. The van der Waals surface area contributed by atoms with Crippen LogP contribution >= 0.6 is 0 Å². The first-order valence-electron chi connectivity index (χ1n) is 11.1. The molecular formula is C24H23F2N7O2. The molecule has 1 fully saturated rings. The van der Waals surface area contributed by atoms with Crippen molar-refractivity contribution in [3.8, 4) is 11.3 Å². The Morgan fingerprint density at radius 1 is 1.26 bits per heavy atom. The standard InChI is InChI=1S/C24H23F2N7O2/c1-13-9-29-19-6-5-14(11-33(13)19)20-21(18-12-35-8-7-28-18)32-23(27)22(31-20)24(34)30-10-15-16(25)3-2-4-17(15)26/h2-6,9,11,18,28H,7-8,10,12H2,1H3,(H2,27,32)(H,30,34). The number of nitrogens with one attached hydrogen (secondary N) is 2. The van der Waals surface area contributed by atoms with Gasteiger partial charge in [0.1, 0.15) is 17.3 Å². The number of nitrogens with two attached hydrogens (primary N) is 1. The largest absolute Gasteiger partial charge is 0.382 e. The monoisotopic (exact) mass is 479 g/mol. The number of carbonyl (C=O) groups excluding carboxylic acids is 1. The van der Waals surface area contributed by atoms with Crippen molar-refractivity contribution in [3.05, 3.63) is 77.0 Å². The summed E-state index contributed by atoms with van der Waals surface area (Å²) in [7, 11) is 0. The zero-order valence-corrected chi connectivity index (χ0v) is 18.9. The number of imidazole rings is 1. The van der Waals surface area contributed by atoms with E-state index in [9.17, 15) is 13.6 Å². The van der Waals surface area contributed by atoms with Crippen LogP contribution < -0.4 is 16.4 Å². The minimum absolute atomic E-state index is 0.0949. The molecule has 1 amide bonds. The Bertz CT molecular complexity index is 1400. The molecule has 0 bridgehead atoms. The van der Waals surface area contributed by atoms with Crippen LogP contribution in [0.3, 0.4) is 0 Å². The van der Waals surface area contributed by atoms with Gasteiger partial charge in [-0.15, -0.1) is 0 Å². The molecule has 4 N–H and O–H groups in total. The van der Waals surface area contributed by atoms with Gasteiger partial charge in [-0.2, -0.15) is 0 Å². The Labute approximate surface area is 199 Å². The predicted octanol–water partition coefficient (Wildman–Crippen LogP) is 2.55. The molecule has 3 aromatic heterocycles. The number of aromatic nitrogens is 4. The van der Waals surface area contributed by atoms with Crippen LogP contribution in [-0.2, 0) is 11.3 Å². The minimum Gasteiger partial charge on any atom is -0.382 e.